The molecule has 1 aliphatic rings. The van der Waals surface area contributed by atoms with Gasteiger partial charge in [0.05, 0.1) is 0 Å². The molecule has 0 radical (unpaired) electrons. The standard InChI is InChI=1S/C13H20N2O/c1-9(2)15-12-6-4-5-10(12)7-11(8-14-3)13(15)16/h7,9,14H,4-6,8H2,1-3H3. The van der Waals surface area contributed by atoms with Crippen molar-refractivity contribution in [3.8, 4) is 0 Å². The normalized spacial score (nSPS) is 14.5. The summed E-state index contributed by atoms with van der Waals surface area (Å²) in [6.07, 6.45) is 3.37. The molecule has 3 nitrogen and oxygen atoms in total. The van der Waals surface area contributed by atoms with Crippen LogP contribution in [0.4, 0.5) is 0 Å². The summed E-state index contributed by atoms with van der Waals surface area (Å²) in [6.45, 7) is 4.84. The van der Waals surface area contributed by atoms with Crippen molar-refractivity contribution in [2.24, 2.45) is 0 Å². The first-order chi connectivity index (χ1) is 7.65. The molecule has 1 N–H and O–H groups in total. The van der Waals surface area contributed by atoms with E-state index in [1.54, 1.807) is 0 Å². The van der Waals surface area contributed by atoms with Gasteiger partial charge in [0.2, 0.25) is 0 Å². The minimum Gasteiger partial charge on any atom is -0.315 e. The minimum atomic E-state index is 0.185. The molecule has 0 spiro atoms. The van der Waals surface area contributed by atoms with Crippen molar-refractivity contribution in [1.29, 1.82) is 0 Å². The highest BCUT2D eigenvalue weighted by atomic mass is 16.1. The van der Waals surface area contributed by atoms with E-state index in [1.165, 1.54) is 17.7 Å². The van der Waals surface area contributed by atoms with Gasteiger partial charge in [-0.3, -0.25) is 4.79 Å². The molecular weight excluding hydrogens is 200 g/mol. The molecule has 1 aliphatic carbocycles. The van der Waals surface area contributed by atoms with Crippen LogP contribution >= 0.6 is 0 Å². The van der Waals surface area contributed by atoms with Crippen LogP contribution < -0.4 is 10.9 Å². The highest BCUT2D eigenvalue weighted by Gasteiger charge is 2.19. The number of pyridine rings is 1. The van der Waals surface area contributed by atoms with E-state index in [2.05, 4.69) is 25.2 Å². The third kappa shape index (κ3) is 1.80. The van der Waals surface area contributed by atoms with E-state index >= 15 is 0 Å². The number of rotatable bonds is 3. The summed E-state index contributed by atoms with van der Waals surface area (Å²) in [5.41, 5.74) is 3.72. The predicted octanol–water partition coefficient (Wildman–Crippen LogP) is 1.64. The minimum absolute atomic E-state index is 0.185. The molecule has 0 saturated carbocycles. The summed E-state index contributed by atoms with van der Waals surface area (Å²) < 4.78 is 1.98. The number of hydrogen-bond acceptors (Lipinski definition) is 2. The van der Waals surface area contributed by atoms with Gasteiger partial charge in [-0.15, -0.1) is 0 Å². The van der Waals surface area contributed by atoms with Gasteiger partial charge in [-0.25, -0.2) is 0 Å². The SMILES string of the molecule is CNCc1cc2c(n(C(C)C)c1=O)CCC2. The van der Waals surface area contributed by atoms with Crippen LogP contribution in [0.2, 0.25) is 0 Å². The Morgan fingerprint density at radius 1 is 1.44 bits per heavy atom. The van der Waals surface area contributed by atoms with Crippen LogP contribution in [0, 0.1) is 0 Å². The molecule has 0 saturated heterocycles. The second kappa shape index (κ2) is 4.42. The lowest BCUT2D eigenvalue weighted by Gasteiger charge is -2.17. The molecule has 2 rings (SSSR count). The fraction of sp³-hybridized carbons (Fsp3) is 0.615. The topological polar surface area (TPSA) is 34.0 Å². The third-order valence-electron chi connectivity index (χ3n) is 3.25. The number of aryl methyl sites for hydroxylation is 1. The van der Waals surface area contributed by atoms with Crippen LogP contribution in [0.25, 0.3) is 0 Å². The fourth-order valence-corrected chi connectivity index (χ4v) is 2.59. The average molecular weight is 220 g/mol. The maximum absolute atomic E-state index is 12.3. The highest BCUT2D eigenvalue weighted by molar-refractivity contribution is 5.31. The van der Waals surface area contributed by atoms with E-state index in [0.717, 1.165) is 18.4 Å². The second-order valence-corrected chi connectivity index (χ2v) is 4.79. The lowest BCUT2D eigenvalue weighted by molar-refractivity contribution is 0.547. The highest BCUT2D eigenvalue weighted by Crippen LogP contribution is 2.23. The van der Waals surface area contributed by atoms with Crippen LogP contribution in [-0.2, 0) is 19.4 Å². The Kier molecular flexibility index (Phi) is 3.15. The van der Waals surface area contributed by atoms with E-state index in [0.29, 0.717) is 6.54 Å². The Bertz CT molecular complexity index is 446. The zero-order valence-electron chi connectivity index (χ0n) is 10.3. The van der Waals surface area contributed by atoms with Gasteiger partial charge in [-0.05, 0) is 51.8 Å². The number of nitrogens with one attached hydrogen (secondary N) is 1. The fourth-order valence-electron chi connectivity index (χ4n) is 2.59. The maximum atomic E-state index is 12.3. The maximum Gasteiger partial charge on any atom is 0.255 e. The monoisotopic (exact) mass is 220 g/mol. The summed E-state index contributed by atoms with van der Waals surface area (Å²) >= 11 is 0. The lowest BCUT2D eigenvalue weighted by Crippen LogP contribution is -2.30. The molecule has 0 amide bonds. The van der Waals surface area contributed by atoms with Crippen molar-refractivity contribution in [2.75, 3.05) is 7.05 Å². The summed E-state index contributed by atoms with van der Waals surface area (Å²) in [5.74, 6) is 0. The van der Waals surface area contributed by atoms with Gasteiger partial charge in [0, 0.05) is 23.8 Å². The van der Waals surface area contributed by atoms with Crippen molar-refractivity contribution < 1.29 is 0 Å². The second-order valence-electron chi connectivity index (χ2n) is 4.79. The predicted molar refractivity (Wildman–Crippen MR) is 65.9 cm³/mol. The Labute approximate surface area is 96.5 Å². The first kappa shape index (κ1) is 11.4. The number of fused-ring (bicyclic) bond motifs is 1. The van der Waals surface area contributed by atoms with Crippen LogP contribution in [0.5, 0.6) is 0 Å². The van der Waals surface area contributed by atoms with Crippen molar-refractivity contribution >= 4 is 0 Å². The van der Waals surface area contributed by atoms with E-state index in [-0.39, 0.29) is 11.6 Å². The zero-order valence-corrected chi connectivity index (χ0v) is 10.3. The molecule has 1 heterocycles. The van der Waals surface area contributed by atoms with E-state index in [1.807, 2.05) is 11.6 Å². The van der Waals surface area contributed by atoms with E-state index in [9.17, 15) is 4.79 Å². The van der Waals surface area contributed by atoms with Crippen LogP contribution in [0.3, 0.4) is 0 Å². The van der Waals surface area contributed by atoms with Gasteiger partial charge in [0.1, 0.15) is 0 Å². The molecular formula is C13H20N2O. The Morgan fingerprint density at radius 3 is 2.81 bits per heavy atom. The number of nitrogens with zero attached hydrogens (tertiary/aromatic N) is 1. The molecule has 0 atom stereocenters. The Hall–Kier alpha value is -1.09. The van der Waals surface area contributed by atoms with Crippen molar-refractivity contribution in [2.45, 2.75) is 45.7 Å². The summed E-state index contributed by atoms with van der Waals surface area (Å²) in [6, 6.07) is 2.36. The molecule has 0 bridgehead atoms. The molecule has 0 fully saturated rings. The van der Waals surface area contributed by atoms with Crippen molar-refractivity contribution in [1.82, 2.24) is 9.88 Å². The summed E-state index contributed by atoms with van der Waals surface area (Å²) in [4.78, 5) is 12.3. The zero-order chi connectivity index (χ0) is 11.7. The largest absolute Gasteiger partial charge is 0.315 e. The molecule has 88 valence electrons. The lowest BCUT2D eigenvalue weighted by atomic mass is 10.1. The molecule has 3 heteroatoms. The number of hydrogen-bond donors (Lipinski definition) is 1. The summed E-state index contributed by atoms with van der Waals surface area (Å²) in [7, 11) is 1.88. The molecule has 16 heavy (non-hydrogen) atoms. The van der Waals surface area contributed by atoms with Gasteiger partial charge in [0.25, 0.3) is 5.56 Å². The first-order valence-corrected chi connectivity index (χ1v) is 6.06. The van der Waals surface area contributed by atoms with Gasteiger partial charge in [-0.1, -0.05) is 0 Å². The molecule has 1 aromatic heterocycles. The van der Waals surface area contributed by atoms with Gasteiger partial charge >= 0.3 is 0 Å². The van der Waals surface area contributed by atoms with Crippen molar-refractivity contribution in [3.05, 3.63) is 33.2 Å². The number of aromatic nitrogens is 1. The van der Waals surface area contributed by atoms with E-state index in [4.69, 9.17) is 0 Å². The molecule has 0 aliphatic heterocycles. The van der Waals surface area contributed by atoms with Gasteiger partial charge < -0.3 is 9.88 Å². The van der Waals surface area contributed by atoms with E-state index < -0.39 is 0 Å². The van der Waals surface area contributed by atoms with Gasteiger partial charge in [0.15, 0.2) is 0 Å². The molecule has 1 aromatic rings. The average Bonchev–Trinajstić information content (AvgIpc) is 2.66. The quantitative estimate of drug-likeness (QED) is 0.840. The Balaban J connectivity index is 2.61. The molecule has 0 unspecified atom stereocenters. The van der Waals surface area contributed by atoms with Crippen molar-refractivity contribution in [3.63, 3.8) is 0 Å². The molecule has 0 aromatic carbocycles. The van der Waals surface area contributed by atoms with Crippen LogP contribution in [-0.4, -0.2) is 11.6 Å². The smallest absolute Gasteiger partial charge is 0.255 e. The van der Waals surface area contributed by atoms with Crippen LogP contribution in [0.1, 0.15) is 43.1 Å². The third-order valence-corrected chi connectivity index (χ3v) is 3.25. The first-order valence-electron chi connectivity index (χ1n) is 6.06. The van der Waals surface area contributed by atoms with Crippen LogP contribution in [0.15, 0.2) is 10.9 Å². The summed E-state index contributed by atoms with van der Waals surface area (Å²) in [5, 5.41) is 3.07. The Morgan fingerprint density at radius 2 is 2.19 bits per heavy atom. The van der Waals surface area contributed by atoms with Gasteiger partial charge in [-0.2, -0.15) is 0 Å².